The molecule has 2 heterocycles. The molecule has 7 heteroatoms. The van der Waals surface area contributed by atoms with Crippen LogP contribution in [-0.2, 0) is 9.53 Å². The minimum absolute atomic E-state index is 0.119. The third kappa shape index (κ3) is 3.82. The molecule has 134 valence electrons. The summed E-state index contributed by atoms with van der Waals surface area (Å²) < 4.78 is 16.5. The van der Waals surface area contributed by atoms with E-state index in [1.807, 2.05) is 32.0 Å². The second-order valence-corrected chi connectivity index (χ2v) is 7.06. The molecule has 2 aliphatic rings. The van der Waals surface area contributed by atoms with Crippen molar-refractivity contribution in [3.63, 3.8) is 0 Å². The smallest absolute Gasteiger partial charge is 0.286 e. The number of para-hydroxylation sites is 1. The van der Waals surface area contributed by atoms with E-state index in [4.69, 9.17) is 14.2 Å². The van der Waals surface area contributed by atoms with Crippen LogP contribution in [0.25, 0.3) is 6.08 Å². The number of hydrogen-bond donors (Lipinski definition) is 0. The molecule has 0 spiro atoms. The number of amides is 1. The number of carbonyl (C=O) groups excluding carboxylic acids is 1. The SMILES string of the molecule is COc1cccc(/C=C2/SC(N3C[C@@H](C)O[C@H](C)C3)=NC2=O)c1OC. The normalized spacial score (nSPS) is 25.3. The number of amidine groups is 1. The summed E-state index contributed by atoms with van der Waals surface area (Å²) in [6, 6.07) is 5.58. The fraction of sp³-hybridized carbons (Fsp3) is 0.444. The molecule has 3 rings (SSSR count). The number of carbonyl (C=O) groups is 1. The first-order valence-corrected chi connectivity index (χ1v) is 8.97. The van der Waals surface area contributed by atoms with Crippen LogP contribution in [0.5, 0.6) is 11.5 Å². The summed E-state index contributed by atoms with van der Waals surface area (Å²) in [7, 11) is 3.17. The van der Waals surface area contributed by atoms with Gasteiger partial charge < -0.3 is 19.1 Å². The summed E-state index contributed by atoms with van der Waals surface area (Å²) in [6.45, 7) is 5.53. The predicted molar refractivity (Wildman–Crippen MR) is 99.1 cm³/mol. The van der Waals surface area contributed by atoms with E-state index in [0.717, 1.165) is 23.8 Å². The van der Waals surface area contributed by atoms with Gasteiger partial charge in [-0.15, -0.1) is 0 Å². The summed E-state index contributed by atoms with van der Waals surface area (Å²) in [5.41, 5.74) is 0.790. The Labute approximate surface area is 151 Å². The van der Waals surface area contributed by atoms with Crippen LogP contribution in [0.2, 0.25) is 0 Å². The molecule has 0 saturated carbocycles. The molecular weight excluding hydrogens is 340 g/mol. The fourth-order valence-corrected chi connectivity index (χ4v) is 3.96. The van der Waals surface area contributed by atoms with Crippen molar-refractivity contribution in [3.05, 3.63) is 28.7 Å². The van der Waals surface area contributed by atoms with Crippen LogP contribution in [0.1, 0.15) is 19.4 Å². The van der Waals surface area contributed by atoms with Gasteiger partial charge in [0.1, 0.15) is 0 Å². The number of hydrogen-bond acceptors (Lipinski definition) is 6. The number of rotatable bonds is 3. The standard InChI is InChI=1S/C18H22N2O4S/c1-11-9-20(10-12(2)24-11)18-19-17(21)15(25-18)8-13-6-5-7-14(22-3)16(13)23-4/h5-8,11-12H,9-10H2,1-4H3/b15-8+/t11-,12-/m1/s1. The average Bonchev–Trinajstić information content (AvgIpc) is 2.94. The summed E-state index contributed by atoms with van der Waals surface area (Å²) in [5.74, 6) is 1.01. The van der Waals surface area contributed by atoms with Crippen LogP contribution >= 0.6 is 11.8 Å². The zero-order valence-electron chi connectivity index (χ0n) is 14.8. The molecule has 2 aliphatic heterocycles. The van der Waals surface area contributed by atoms with E-state index in [1.165, 1.54) is 11.8 Å². The largest absolute Gasteiger partial charge is 0.493 e. The van der Waals surface area contributed by atoms with E-state index in [0.29, 0.717) is 16.4 Å². The first-order chi connectivity index (χ1) is 12.0. The van der Waals surface area contributed by atoms with Gasteiger partial charge in [0, 0.05) is 18.7 Å². The topological polar surface area (TPSA) is 60.4 Å². The number of aliphatic imine (C=N–C) groups is 1. The Kier molecular flexibility index (Phi) is 5.34. The lowest BCUT2D eigenvalue weighted by atomic mass is 10.1. The third-order valence-electron chi connectivity index (χ3n) is 4.02. The first-order valence-electron chi connectivity index (χ1n) is 8.15. The Morgan fingerprint density at radius 1 is 1.24 bits per heavy atom. The Morgan fingerprint density at radius 3 is 2.60 bits per heavy atom. The molecule has 0 N–H and O–H groups in total. The van der Waals surface area contributed by atoms with Gasteiger partial charge >= 0.3 is 0 Å². The molecule has 0 radical (unpaired) electrons. The van der Waals surface area contributed by atoms with Crippen molar-refractivity contribution in [2.75, 3.05) is 27.3 Å². The van der Waals surface area contributed by atoms with Gasteiger partial charge in [-0.3, -0.25) is 4.79 Å². The van der Waals surface area contributed by atoms with Crippen molar-refractivity contribution in [2.45, 2.75) is 26.1 Å². The van der Waals surface area contributed by atoms with Gasteiger partial charge in [0.05, 0.1) is 31.3 Å². The van der Waals surface area contributed by atoms with Crippen LogP contribution in [0.15, 0.2) is 28.1 Å². The minimum atomic E-state index is -0.225. The van der Waals surface area contributed by atoms with Gasteiger partial charge in [0.25, 0.3) is 5.91 Å². The summed E-state index contributed by atoms with van der Waals surface area (Å²) >= 11 is 1.39. The lowest BCUT2D eigenvalue weighted by Crippen LogP contribution is -2.47. The van der Waals surface area contributed by atoms with Gasteiger partial charge in [-0.05, 0) is 37.8 Å². The van der Waals surface area contributed by atoms with Gasteiger partial charge in [0.15, 0.2) is 16.7 Å². The maximum Gasteiger partial charge on any atom is 0.286 e. The number of thioether (sulfide) groups is 1. The molecule has 0 aliphatic carbocycles. The molecule has 0 bridgehead atoms. The van der Waals surface area contributed by atoms with Crippen molar-refractivity contribution < 1.29 is 19.0 Å². The van der Waals surface area contributed by atoms with Gasteiger partial charge in [-0.1, -0.05) is 12.1 Å². The van der Waals surface area contributed by atoms with E-state index >= 15 is 0 Å². The van der Waals surface area contributed by atoms with E-state index in [1.54, 1.807) is 20.3 Å². The Bertz CT molecular complexity index is 722. The quantitative estimate of drug-likeness (QED) is 0.771. The number of ether oxygens (including phenoxy) is 3. The number of morpholine rings is 1. The minimum Gasteiger partial charge on any atom is -0.493 e. The maximum absolute atomic E-state index is 12.3. The van der Waals surface area contributed by atoms with Crippen LogP contribution in [-0.4, -0.2) is 55.5 Å². The van der Waals surface area contributed by atoms with Crippen LogP contribution in [0.4, 0.5) is 0 Å². The van der Waals surface area contributed by atoms with E-state index in [-0.39, 0.29) is 18.1 Å². The molecule has 0 aromatic heterocycles. The van der Waals surface area contributed by atoms with Crippen molar-refractivity contribution in [1.82, 2.24) is 4.90 Å². The molecule has 1 saturated heterocycles. The molecule has 25 heavy (non-hydrogen) atoms. The zero-order valence-corrected chi connectivity index (χ0v) is 15.6. The predicted octanol–water partition coefficient (Wildman–Crippen LogP) is 2.78. The molecule has 6 nitrogen and oxygen atoms in total. The number of methoxy groups -OCH3 is 2. The van der Waals surface area contributed by atoms with Crippen molar-refractivity contribution in [2.24, 2.45) is 4.99 Å². The molecule has 1 amide bonds. The monoisotopic (exact) mass is 362 g/mol. The van der Waals surface area contributed by atoms with Gasteiger partial charge in [0.2, 0.25) is 0 Å². The van der Waals surface area contributed by atoms with Crippen LogP contribution in [0, 0.1) is 0 Å². The lowest BCUT2D eigenvalue weighted by molar-refractivity contribution is -0.113. The van der Waals surface area contributed by atoms with Crippen molar-refractivity contribution in [1.29, 1.82) is 0 Å². The van der Waals surface area contributed by atoms with Crippen molar-refractivity contribution in [3.8, 4) is 11.5 Å². The van der Waals surface area contributed by atoms with Crippen LogP contribution in [0.3, 0.4) is 0 Å². The Balaban J connectivity index is 1.82. The first kappa shape index (κ1) is 17.8. The van der Waals surface area contributed by atoms with Crippen molar-refractivity contribution >= 4 is 28.9 Å². The summed E-state index contributed by atoms with van der Waals surface area (Å²) in [6.07, 6.45) is 2.04. The van der Waals surface area contributed by atoms with E-state index in [9.17, 15) is 4.79 Å². The lowest BCUT2D eigenvalue weighted by Gasteiger charge is -2.35. The second kappa shape index (κ2) is 7.49. The number of benzene rings is 1. The molecule has 1 fully saturated rings. The third-order valence-corrected chi connectivity index (χ3v) is 5.06. The number of nitrogens with zero attached hydrogens (tertiary/aromatic N) is 2. The Hall–Kier alpha value is -1.99. The second-order valence-electron chi connectivity index (χ2n) is 6.06. The summed E-state index contributed by atoms with van der Waals surface area (Å²) in [4.78, 5) is 19.3. The van der Waals surface area contributed by atoms with E-state index < -0.39 is 0 Å². The highest BCUT2D eigenvalue weighted by Gasteiger charge is 2.31. The van der Waals surface area contributed by atoms with E-state index in [2.05, 4.69) is 9.89 Å². The highest BCUT2D eigenvalue weighted by atomic mass is 32.2. The maximum atomic E-state index is 12.3. The molecule has 2 atom stereocenters. The molecule has 0 unspecified atom stereocenters. The zero-order chi connectivity index (χ0) is 18.0. The molecule has 1 aromatic carbocycles. The molecule has 1 aromatic rings. The molecular formula is C18H22N2O4S. The van der Waals surface area contributed by atoms with Crippen LogP contribution < -0.4 is 9.47 Å². The summed E-state index contributed by atoms with van der Waals surface area (Å²) in [5, 5.41) is 0.736. The highest BCUT2D eigenvalue weighted by molar-refractivity contribution is 8.18. The highest BCUT2D eigenvalue weighted by Crippen LogP contribution is 2.36. The Morgan fingerprint density at radius 2 is 1.96 bits per heavy atom. The van der Waals surface area contributed by atoms with Gasteiger partial charge in [-0.2, -0.15) is 4.99 Å². The fourth-order valence-electron chi connectivity index (χ4n) is 3.03. The average molecular weight is 362 g/mol. The van der Waals surface area contributed by atoms with Gasteiger partial charge in [-0.25, -0.2) is 0 Å².